The lowest BCUT2D eigenvalue weighted by atomic mass is 10.0. The number of carbonyl (C=O) groups is 1. The second-order valence-electron chi connectivity index (χ2n) is 6.55. The number of hydrogen-bond acceptors (Lipinski definition) is 3. The number of nitrogens with zero attached hydrogens (tertiary/aromatic N) is 1. The lowest BCUT2D eigenvalue weighted by Crippen LogP contribution is -2.49. The van der Waals surface area contributed by atoms with Crippen LogP contribution < -0.4 is 10.6 Å². The summed E-state index contributed by atoms with van der Waals surface area (Å²) in [6.07, 6.45) is 0.0825. The molecule has 1 fully saturated rings. The molecular weight excluding hydrogens is 355 g/mol. The summed E-state index contributed by atoms with van der Waals surface area (Å²) in [4.78, 5) is 14.3. The summed E-state index contributed by atoms with van der Waals surface area (Å²) in [5, 5.41) is 5.96. The zero-order chi connectivity index (χ0) is 19.2. The first kappa shape index (κ1) is 19.4. The Morgan fingerprint density at radius 2 is 1.89 bits per heavy atom. The zero-order valence-corrected chi connectivity index (χ0v) is 14.9. The van der Waals surface area contributed by atoms with Gasteiger partial charge in [0, 0.05) is 37.8 Å². The van der Waals surface area contributed by atoms with Gasteiger partial charge in [0.05, 0.1) is 6.54 Å². The van der Waals surface area contributed by atoms with E-state index in [1.165, 1.54) is 30.3 Å². The molecule has 3 rings (SSSR count). The highest BCUT2D eigenvalue weighted by molar-refractivity contribution is 5.78. The maximum absolute atomic E-state index is 13.6. The Balaban J connectivity index is 1.56. The summed E-state index contributed by atoms with van der Waals surface area (Å²) in [5.74, 6) is -1.76. The molecule has 1 amide bonds. The van der Waals surface area contributed by atoms with Gasteiger partial charge in [-0.1, -0.05) is 18.2 Å². The molecule has 1 aliphatic rings. The van der Waals surface area contributed by atoms with Crippen LogP contribution >= 0.6 is 0 Å². The lowest BCUT2D eigenvalue weighted by Gasteiger charge is -2.36. The maximum atomic E-state index is 13.6. The summed E-state index contributed by atoms with van der Waals surface area (Å²) in [6, 6.07) is 9.96. The number of rotatable bonds is 6. The van der Waals surface area contributed by atoms with E-state index >= 15 is 0 Å². The van der Waals surface area contributed by atoms with Gasteiger partial charge in [0.1, 0.15) is 17.5 Å². The van der Waals surface area contributed by atoms with E-state index < -0.39 is 11.6 Å². The van der Waals surface area contributed by atoms with Gasteiger partial charge in [-0.05, 0) is 36.2 Å². The highest BCUT2D eigenvalue weighted by Crippen LogP contribution is 2.22. The molecular formula is C20H22F3N3O. The van der Waals surface area contributed by atoms with E-state index in [1.807, 2.05) is 11.0 Å². The first-order chi connectivity index (χ1) is 13.0. The Bertz CT molecular complexity index is 780. The van der Waals surface area contributed by atoms with Crippen molar-refractivity contribution in [2.24, 2.45) is 0 Å². The minimum absolute atomic E-state index is 0.0300. The van der Waals surface area contributed by atoms with Gasteiger partial charge in [0.15, 0.2) is 0 Å². The first-order valence-corrected chi connectivity index (χ1v) is 8.94. The van der Waals surface area contributed by atoms with E-state index in [9.17, 15) is 18.0 Å². The third-order valence-electron chi connectivity index (χ3n) is 4.69. The molecule has 0 aromatic heterocycles. The number of benzene rings is 2. The van der Waals surface area contributed by atoms with Gasteiger partial charge in [0.2, 0.25) is 5.91 Å². The van der Waals surface area contributed by atoms with Crippen molar-refractivity contribution in [3.05, 3.63) is 71.0 Å². The van der Waals surface area contributed by atoms with Crippen LogP contribution in [-0.4, -0.2) is 43.5 Å². The van der Waals surface area contributed by atoms with Crippen molar-refractivity contribution < 1.29 is 18.0 Å². The van der Waals surface area contributed by atoms with Crippen molar-refractivity contribution in [3.63, 3.8) is 0 Å². The Kier molecular flexibility index (Phi) is 6.47. The van der Waals surface area contributed by atoms with Crippen molar-refractivity contribution in [2.75, 3.05) is 32.7 Å². The SMILES string of the molecule is O=C(CN1CCNCC1c1cccc(F)c1)NCCc1c(F)cccc1F. The van der Waals surface area contributed by atoms with E-state index in [0.717, 1.165) is 12.1 Å². The second-order valence-corrected chi connectivity index (χ2v) is 6.55. The minimum atomic E-state index is -0.613. The summed E-state index contributed by atoms with van der Waals surface area (Å²) in [7, 11) is 0. The summed E-state index contributed by atoms with van der Waals surface area (Å²) < 4.78 is 40.8. The number of hydrogen-bond donors (Lipinski definition) is 2. The van der Waals surface area contributed by atoms with Gasteiger partial charge >= 0.3 is 0 Å². The van der Waals surface area contributed by atoms with Crippen LogP contribution in [0.4, 0.5) is 13.2 Å². The highest BCUT2D eigenvalue weighted by atomic mass is 19.1. The molecule has 0 spiro atoms. The predicted molar refractivity (Wildman–Crippen MR) is 96.7 cm³/mol. The molecule has 1 unspecified atom stereocenters. The Morgan fingerprint density at radius 1 is 1.15 bits per heavy atom. The number of amides is 1. The van der Waals surface area contributed by atoms with Crippen LogP contribution in [0.1, 0.15) is 17.2 Å². The molecule has 1 atom stereocenters. The van der Waals surface area contributed by atoms with Crippen LogP contribution in [0.5, 0.6) is 0 Å². The number of piperazine rings is 1. The van der Waals surface area contributed by atoms with Crippen molar-refractivity contribution in [1.82, 2.24) is 15.5 Å². The third kappa shape index (κ3) is 5.08. The van der Waals surface area contributed by atoms with Gasteiger partial charge < -0.3 is 10.6 Å². The molecule has 1 heterocycles. The van der Waals surface area contributed by atoms with Crippen LogP contribution in [0.2, 0.25) is 0 Å². The quantitative estimate of drug-likeness (QED) is 0.813. The molecule has 0 radical (unpaired) electrons. The third-order valence-corrected chi connectivity index (χ3v) is 4.69. The first-order valence-electron chi connectivity index (χ1n) is 8.94. The van der Waals surface area contributed by atoms with E-state index in [0.29, 0.717) is 13.1 Å². The highest BCUT2D eigenvalue weighted by Gasteiger charge is 2.25. The average Bonchev–Trinajstić information content (AvgIpc) is 2.64. The van der Waals surface area contributed by atoms with Gasteiger partial charge in [-0.3, -0.25) is 9.69 Å². The molecule has 2 aromatic rings. The molecule has 0 saturated carbocycles. The topological polar surface area (TPSA) is 44.4 Å². The molecule has 0 aliphatic carbocycles. The van der Waals surface area contributed by atoms with Crippen LogP contribution in [0.25, 0.3) is 0 Å². The minimum Gasteiger partial charge on any atom is -0.355 e. The Hall–Kier alpha value is -2.38. The van der Waals surface area contributed by atoms with Gasteiger partial charge in [-0.15, -0.1) is 0 Å². The molecule has 2 aromatic carbocycles. The van der Waals surface area contributed by atoms with Crippen LogP contribution in [0, 0.1) is 17.5 Å². The molecule has 1 aliphatic heterocycles. The molecule has 144 valence electrons. The largest absolute Gasteiger partial charge is 0.355 e. The number of halogens is 3. The van der Waals surface area contributed by atoms with Crippen molar-refractivity contribution in [3.8, 4) is 0 Å². The summed E-state index contributed by atoms with van der Waals surface area (Å²) in [6.45, 7) is 2.29. The monoisotopic (exact) mass is 377 g/mol. The van der Waals surface area contributed by atoms with Gasteiger partial charge in [0.25, 0.3) is 0 Å². The smallest absolute Gasteiger partial charge is 0.234 e. The molecule has 7 heteroatoms. The van der Waals surface area contributed by atoms with Crippen LogP contribution in [-0.2, 0) is 11.2 Å². The van der Waals surface area contributed by atoms with Crippen LogP contribution in [0.15, 0.2) is 42.5 Å². The number of carbonyl (C=O) groups excluding carboxylic acids is 1. The van der Waals surface area contributed by atoms with Crippen molar-refractivity contribution in [1.29, 1.82) is 0 Å². The van der Waals surface area contributed by atoms with E-state index in [1.54, 1.807) is 6.07 Å². The van der Waals surface area contributed by atoms with E-state index in [4.69, 9.17) is 0 Å². The zero-order valence-electron chi connectivity index (χ0n) is 14.9. The summed E-state index contributed by atoms with van der Waals surface area (Å²) >= 11 is 0. The number of nitrogens with one attached hydrogen (secondary N) is 2. The normalized spacial score (nSPS) is 17.7. The second kappa shape index (κ2) is 9.01. The Labute approximate surface area is 156 Å². The summed E-state index contributed by atoms with van der Waals surface area (Å²) in [5.41, 5.74) is 0.779. The fraction of sp³-hybridized carbons (Fsp3) is 0.350. The van der Waals surface area contributed by atoms with Crippen molar-refractivity contribution in [2.45, 2.75) is 12.5 Å². The fourth-order valence-electron chi connectivity index (χ4n) is 3.32. The van der Waals surface area contributed by atoms with E-state index in [-0.39, 0.29) is 42.8 Å². The van der Waals surface area contributed by atoms with E-state index in [2.05, 4.69) is 10.6 Å². The molecule has 1 saturated heterocycles. The fourth-order valence-corrected chi connectivity index (χ4v) is 3.32. The van der Waals surface area contributed by atoms with Crippen LogP contribution in [0.3, 0.4) is 0 Å². The average molecular weight is 377 g/mol. The molecule has 4 nitrogen and oxygen atoms in total. The Morgan fingerprint density at radius 3 is 2.63 bits per heavy atom. The maximum Gasteiger partial charge on any atom is 0.234 e. The van der Waals surface area contributed by atoms with Gasteiger partial charge in [-0.2, -0.15) is 0 Å². The predicted octanol–water partition coefficient (Wildman–Crippen LogP) is 2.41. The standard InChI is InChI=1S/C20H22F3N3O/c21-15-4-1-3-14(11-15)19-12-24-9-10-26(19)13-20(27)25-8-7-16-17(22)5-2-6-18(16)23/h1-6,11,19,24H,7-10,12-13H2,(H,25,27). The van der Waals surface area contributed by atoms with Gasteiger partial charge in [-0.25, -0.2) is 13.2 Å². The molecule has 2 N–H and O–H groups in total. The molecule has 0 bridgehead atoms. The van der Waals surface area contributed by atoms with Crippen molar-refractivity contribution >= 4 is 5.91 Å². The lowest BCUT2D eigenvalue weighted by molar-refractivity contribution is -0.123. The molecule has 27 heavy (non-hydrogen) atoms.